The van der Waals surface area contributed by atoms with E-state index in [1.807, 2.05) is 12.1 Å². The largest absolute Gasteiger partial charge is 0.378 e. The van der Waals surface area contributed by atoms with Crippen molar-refractivity contribution in [1.29, 1.82) is 0 Å². The maximum atomic E-state index is 13.5. The van der Waals surface area contributed by atoms with Crippen LogP contribution < -0.4 is 10.5 Å². The minimum Gasteiger partial charge on any atom is -0.378 e. The smallest absolute Gasteiger partial charge is 0.275 e. The number of aromatic nitrogens is 3. The van der Waals surface area contributed by atoms with Gasteiger partial charge in [-0.15, -0.1) is 11.3 Å². The van der Waals surface area contributed by atoms with Gasteiger partial charge in [-0.05, 0) is 43.7 Å². The van der Waals surface area contributed by atoms with E-state index in [1.54, 1.807) is 23.0 Å². The molecule has 4 aromatic rings. The number of hydrogen-bond donors (Lipinski definition) is 0. The number of benzene rings is 1. The maximum Gasteiger partial charge on any atom is 0.275 e. The average Bonchev–Trinajstić information content (AvgIpc) is 3.19. The molecule has 0 radical (unpaired) electrons. The molecule has 2 aliphatic rings. The van der Waals surface area contributed by atoms with Crippen LogP contribution in [-0.4, -0.2) is 46.4 Å². The number of morpholine rings is 1. The Balaban J connectivity index is 1.61. The predicted octanol–water partition coefficient (Wildman–Crippen LogP) is 4.34. The van der Waals surface area contributed by atoms with E-state index in [0.717, 1.165) is 52.3 Å². The molecule has 0 amide bonds. The molecule has 33 heavy (non-hydrogen) atoms. The van der Waals surface area contributed by atoms with E-state index >= 15 is 0 Å². The molecule has 0 unspecified atom stereocenters. The quantitative estimate of drug-likeness (QED) is 0.423. The third kappa shape index (κ3) is 3.52. The molecule has 0 spiro atoms. The van der Waals surface area contributed by atoms with E-state index < -0.39 is 0 Å². The summed E-state index contributed by atoms with van der Waals surface area (Å²) in [4.78, 5) is 26.4. The second kappa shape index (κ2) is 7.77. The van der Waals surface area contributed by atoms with Crippen LogP contribution in [0.25, 0.3) is 26.1 Å². The van der Waals surface area contributed by atoms with E-state index in [4.69, 9.17) is 31.0 Å². The highest BCUT2D eigenvalue weighted by molar-refractivity contribution is 7.25. The lowest BCUT2D eigenvalue weighted by Crippen LogP contribution is -2.39. The highest BCUT2D eigenvalue weighted by Crippen LogP contribution is 2.42. The summed E-state index contributed by atoms with van der Waals surface area (Å²) in [5.74, 6) is 0.945. The maximum absolute atomic E-state index is 13.5. The molecule has 5 heterocycles. The van der Waals surface area contributed by atoms with Gasteiger partial charge in [-0.25, -0.2) is 9.97 Å². The molecule has 0 saturated carbocycles. The molecule has 1 aromatic carbocycles. The van der Waals surface area contributed by atoms with E-state index in [0.29, 0.717) is 29.5 Å². The lowest BCUT2D eigenvalue weighted by molar-refractivity contribution is -0.0396. The van der Waals surface area contributed by atoms with Crippen molar-refractivity contribution in [2.45, 2.75) is 32.5 Å². The average molecular weight is 483 g/mol. The van der Waals surface area contributed by atoms with Gasteiger partial charge in [0, 0.05) is 35.5 Å². The number of ether oxygens (including phenoxy) is 2. The Morgan fingerprint density at radius 3 is 2.64 bits per heavy atom. The number of halogens is 1. The molecule has 0 N–H and O–H groups in total. The molecule has 0 bridgehead atoms. The lowest BCUT2D eigenvalue weighted by atomic mass is 9.90. The van der Waals surface area contributed by atoms with Crippen LogP contribution in [0.4, 0.5) is 5.82 Å². The topological polar surface area (TPSA) is 69.5 Å². The zero-order valence-corrected chi connectivity index (χ0v) is 20.0. The molecule has 3 aromatic heterocycles. The van der Waals surface area contributed by atoms with Crippen LogP contribution in [0.15, 0.2) is 35.4 Å². The first-order chi connectivity index (χ1) is 15.9. The fourth-order valence-electron chi connectivity index (χ4n) is 4.67. The number of fused-ring (bicyclic) bond motifs is 5. The Labute approximate surface area is 199 Å². The zero-order valence-electron chi connectivity index (χ0n) is 18.4. The zero-order chi connectivity index (χ0) is 22.7. The van der Waals surface area contributed by atoms with Gasteiger partial charge in [-0.1, -0.05) is 11.6 Å². The summed E-state index contributed by atoms with van der Waals surface area (Å²) in [6.07, 6.45) is 2.35. The second-order valence-electron chi connectivity index (χ2n) is 9.07. The first kappa shape index (κ1) is 21.0. The number of nitrogens with zero attached hydrogens (tertiary/aromatic N) is 4. The van der Waals surface area contributed by atoms with Gasteiger partial charge < -0.3 is 14.4 Å². The summed E-state index contributed by atoms with van der Waals surface area (Å²) in [6, 6.07) is 7.18. The third-order valence-electron chi connectivity index (χ3n) is 6.35. The lowest BCUT2D eigenvalue weighted by Gasteiger charge is -2.36. The van der Waals surface area contributed by atoms with Crippen LogP contribution in [0.1, 0.15) is 25.0 Å². The molecule has 1 saturated heterocycles. The van der Waals surface area contributed by atoms with Crippen molar-refractivity contribution < 1.29 is 9.47 Å². The molecule has 9 heteroatoms. The molecular formula is C24H23ClN4O3S. The van der Waals surface area contributed by atoms with E-state index in [1.165, 1.54) is 16.9 Å². The Morgan fingerprint density at radius 1 is 1.12 bits per heavy atom. The molecular weight excluding hydrogens is 460 g/mol. The van der Waals surface area contributed by atoms with Crippen molar-refractivity contribution in [3.63, 3.8) is 0 Å². The molecule has 1 fully saturated rings. The normalized spacial score (nSPS) is 18.1. The minimum absolute atomic E-state index is 0.0988. The molecule has 6 rings (SSSR count). The van der Waals surface area contributed by atoms with Gasteiger partial charge in [0.1, 0.15) is 21.7 Å². The van der Waals surface area contributed by atoms with Crippen molar-refractivity contribution in [3.05, 3.63) is 57.1 Å². The third-order valence-corrected chi connectivity index (χ3v) is 7.66. The van der Waals surface area contributed by atoms with Crippen molar-refractivity contribution in [2.75, 3.05) is 31.2 Å². The summed E-state index contributed by atoms with van der Waals surface area (Å²) in [7, 11) is 0. The highest BCUT2D eigenvalue weighted by Gasteiger charge is 2.33. The first-order valence-electron chi connectivity index (χ1n) is 11.0. The fourth-order valence-corrected chi connectivity index (χ4v) is 5.88. The van der Waals surface area contributed by atoms with Gasteiger partial charge >= 0.3 is 0 Å². The Bertz CT molecular complexity index is 1440. The van der Waals surface area contributed by atoms with Crippen molar-refractivity contribution in [1.82, 2.24) is 14.5 Å². The molecule has 2 aliphatic heterocycles. The Morgan fingerprint density at radius 2 is 1.88 bits per heavy atom. The van der Waals surface area contributed by atoms with Crippen molar-refractivity contribution >= 4 is 49.2 Å². The summed E-state index contributed by atoms with van der Waals surface area (Å²) >= 11 is 7.45. The number of rotatable bonds is 2. The predicted molar refractivity (Wildman–Crippen MR) is 131 cm³/mol. The van der Waals surface area contributed by atoms with Gasteiger partial charge in [-0.2, -0.15) is 0 Å². The van der Waals surface area contributed by atoms with Crippen LogP contribution in [0.3, 0.4) is 0 Å². The van der Waals surface area contributed by atoms with Crippen molar-refractivity contribution in [3.8, 4) is 5.69 Å². The monoisotopic (exact) mass is 482 g/mol. The van der Waals surface area contributed by atoms with Gasteiger partial charge in [0.2, 0.25) is 0 Å². The SMILES string of the molecule is CC1(C)Cc2c(c(N3CCOCC3)nc3sc4c(=O)n(-c5ccc(Cl)cc5)cnc4c23)CO1. The molecule has 0 aliphatic carbocycles. The van der Waals surface area contributed by atoms with Crippen LogP contribution in [0, 0.1) is 0 Å². The van der Waals surface area contributed by atoms with Gasteiger partial charge in [0.15, 0.2) is 0 Å². The Kier molecular flexibility index (Phi) is 4.95. The highest BCUT2D eigenvalue weighted by atomic mass is 35.5. The molecule has 170 valence electrons. The first-order valence-corrected chi connectivity index (χ1v) is 12.2. The van der Waals surface area contributed by atoms with E-state index in [2.05, 4.69) is 18.7 Å². The summed E-state index contributed by atoms with van der Waals surface area (Å²) in [5, 5.41) is 1.61. The van der Waals surface area contributed by atoms with Crippen LogP contribution in [0.2, 0.25) is 5.02 Å². The minimum atomic E-state index is -0.296. The van der Waals surface area contributed by atoms with Crippen molar-refractivity contribution in [2.24, 2.45) is 0 Å². The number of hydrogen-bond acceptors (Lipinski definition) is 7. The van der Waals surface area contributed by atoms with Gasteiger partial charge in [0.05, 0.1) is 36.6 Å². The van der Waals surface area contributed by atoms with Crippen LogP contribution >= 0.6 is 22.9 Å². The summed E-state index contributed by atoms with van der Waals surface area (Å²) in [6.45, 7) is 7.65. The van der Waals surface area contributed by atoms with E-state index in [-0.39, 0.29) is 11.2 Å². The molecule has 7 nitrogen and oxygen atoms in total. The fraction of sp³-hybridized carbons (Fsp3) is 0.375. The summed E-state index contributed by atoms with van der Waals surface area (Å²) in [5.41, 5.74) is 3.36. The number of pyridine rings is 1. The van der Waals surface area contributed by atoms with E-state index in [9.17, 15) is 4.79 Å². The summed E-state index contributed by atoms with van der Waals surface area (Å²) < 4.78 is 13.9. The van der Waals surface area contributed by atoms with Crippen LogP contribution in [0.5, 0.6) is 0 Å². The second-order valence-corrected chi connectivity index (χ2v) is 10.5. The molecule has 0 atom stereocenters. The number of thiophene rings is 1. The Hall–Kier alpha value is -2.52. The van der Waals surface area contributed by atoms with Gasteiger partial charge in [0.25, 0.3) is 5.56 Å². The van der Waals surface area contributed by atoms with Gasteiger partial charge in [-0.3, -0.25) is 9.36 Å². The standard InChI is InChI=1S/C24H23ClN4O3S/c1-24(2)11-16-17(12-32-24)21(28-7-9-31-10-8-28)27-22-18(16)19-20(33-22)23(30)29(13-26-19)15-5-3-14(25)4-6-15/h3-6,13H,7-12H2,1-2H3. The number of anilines is 1. The van der Waals surface area contributed by atoms with Crippen LogP contribution in [-0.2, 0) is 22.5 Å².